The molecule has 2 unspecified atom stereocenters. The Bertz CT molecular complexity index is 358. The van der Waals surface area contributed by atoms with Crippen molar-refractivity contribution in [3.05, 3.63) is 0 Å². The van der Waals surface area contributed by atoms with E-state index in [2.05, 4.69) is 6.92 Å². The molecule has 0 aromatic carbocycles. The van der Waals surface area contributed by atoms with Gasteiger partial charge >= 0.3 is 11.9 Å². The molecule has 2 atom stereocenters. The van der Waals surface area contributed by atoms with Crippen molar-refractivity contribution >= 4 is 11.9 Å². The molecule has 1 saturated carbocycles. The summed E-state index contributed by atoms with van der Waals surface area (Å²) >= 11 is 0. The van der Waals surface area contributed by atoms with Gasteiger partial charge in [0.2, 0.25) is 0 Å². The first-order valence-electron chi connectivity index (χ1n) is 10.2. The molecule has 0 amide bonds. The Morgan fingerprint density at radius 3 is 1.62 bits per heavy atom. The van der Waals surface area contributed by atoms with Gasteiger partial charge in [0.25, 0.3) is 0 Å². The van der Waals surface area contributed by atoms with Crippen LogP contribution in [-0.4, -0.2) is 51.6 Å². The van der Waals surface area contributed by atoms with E-state index < -0.39 is 0 Å². The fourth-order valence-corrected chi connectivity index (χ4v) is 2.78. The second-order valence-electron chi connectivity index (χ2n) is 6.06. The topological polar surface area (TPSA) is 71.1 Å². The van der Waals surface area contributed by atoms with E-state index in [4.69, 9.17) is 18.9 Å². The highest BCUT2D eigenvalue weighted by atomic mass is 16.6. The number of carbonyl (C=O) groups is 2. The highest BCUT2D eigenvalue weighted by molar-refractivity contribution is 5.82. The van der Waals surface area contributed by atoms with Gasteiger partial charge in [-0.1, -0.05) is 40.5 Å². The maximum atomic E-state index is 12.3. The lowest BCUT2D eigenvalue weighted by atomic mass is 9.79. The number of rotatable bonds is 12. The van der Waals surface area contributed by atoms with Crippen LogP contribution < -0.4 is 0 Å². The van der Waals surface area contributed by atoms with Crippen molar-refractivity contribution < 1.29 is 28.5 Å². The fourth-order valence-electron chi connectivity index (χ4n) is 2.78. The number of esters is 2. The molecular weight excluding hydrogens is 336 g/mol. The van der Waals surface area contributed by atoms with Crippen LogP contribution in [0.4, 0.5) is 0 Å². The minimum atomic E-state index is -0.379. The molecule has 1 fully saturated rings. The van der Waals surface area contributed by atoms with Crippen molar-refractivity contribution in [1.29, 1.82) is 0 Å². The molecule has 0 aliphatic heterocycles. The predicted octanol–water partition coefficient (Wildman–Crippen LogP) is 3.76. The molecule has 1 aliphatic carbocycles. The lowest BCUT2D eigenvalue weighted by Crippen LogP contribution is -2.35. The third-order valence-corrected chi connectivity index (χ3v) is 4.01. The van der Waals surface area contributed by atoms with Crippen molar-refractivity contribution in [3.8, 4) is 0 Å². The second kappa shape index (κ2) is 17.3. The summed E-state index contributed by atoms with van der Waals surface area (Å²) in [5, 5.41) is 0. The number of hydrogen-bond donors (Lipinski definition) is 0. The quantitative estimate of drug-likeness (QED) is 0.383. The molecule has 0 bridgehead atoms. The van der Waals surface area contributed by atoms with Gasteiger partial charge in [0.15, 0.2) is 0 Å². The van der Waals surface area contributed by atoms with Gasteiger partial charge in [-0.3, -0.25) is 9.59 Å². The first kappa shape index (κ1) is 24.9. The van der Waals surface area contributed by atoms with Crippen molar-refractivity contribution in [1.82, 2.24) is 0 Å². The van der Waals surface area contributed by atoms with Gasteiger partial charge in [0.05, 0.1) is 38.3 Å². The highest BCUT2D eigenvalue weighted by Crippen LogP contribution is 2.32. The Morgan fingerprint density at radius 2 is 1.12 bits per heavy atom. The zero-order valence-corrected chi connectivity index (χ0v) is 17.1. The molecule has 26 heavy (non-hydrogen) atoms. The van der Waals surface area contributed by atoms with Gasteiger partial charge in [-0.15, -0.1) is 0 Å². The van der Waals surface area contributed by atoms with Crippen molar-refractivity contribution in [3.63, 3.8) is 0 Å². The summed E-state index contributed by atoms with van der Waals surface area (Å²) in [7, 11) is 0. The van der Waals surface area contributed by atoms with E-state index in [1.807, 2.05) is 20.8 Å². The molecule has 6 heteroatoms. The Labute approximate surface area is 158 Å². The molecule has 0 spiro atoms. The standard InChI is InChI=1S/C18H32O6.C2H6/c1-3-9-21-11-12-22-13-14-24-18(20)16-8-6-5-7-15(16)17(19)23-10-4-2;1-2/h15-16H,3-14H2,1-2H3;1-2H3. The third-order valence-electron chi connectivity index (χ3n) is 4.01. The SMILES string of the molecule is CC.CCCOCCOCCOC(=O)C1CCCCC1C(=O)OCCC. The summed E-state index contributed by atoms with van der Waals surface area (Å²) in [5.74, 6) is -1.31. The predicted molar refractivity (Wildman–Crippen MR) is 101 cm³/mol. The third kappa shape index (κ3) is 10.8. The largest absolute Gasteiger partial charge is 0.465 e. The Balaban J connectivity index is 0.00000301. The Kier molecular flexibility index (Phi) is 16.5. The van der Waals surface area contributed by atoms with Crippen LogP contribution in [0.25, 0.3) is 0 Å². The van der Waals surface area contributed by atoms with Gasteiger partial charge in [-0.05, 0) is 25.7 Å². The number of ether oxygens (including phenoxy) is 4. The molecule has 1 aliphatic rings. The molecule has 0 aromatic heterocycles. The first-order valence-corrected chi connectivity index (χ1v) is 10.2. The molecule has 0 radical (unpaired) electrons. The molecule has 0 N–H and O–H groups in total. The maximum Gasteiger partial charge on any atom is 0.309 e. The average Bonchev–Trinajstić information content (AvgIpc) is 2.69. The molecule has 6 nitrogen and oxygen atoms in total. The Morgan fingerprint density at radius 1 is 0.692 bits per heavy atom. The molecule has 1 rings (SSSR count). The van der Waals surface area contributed by atoms with Crippen LogP contribution in [0.5, 0.6) is 0 Å². The molecule has 154 valence electrons. The molecule has 0 aromatic rings. The van der Waals surface area contributed by atoms with E-state index in [0.717, 1.165) is 32.3 Å². The minimum absolute atomic E-state index is 0.208. The summed E-state index contributed by atoms with van der Waals surface area (Å²) in [6, 6.07) is 0. The number of hydrogen-bond acceptors (Lipinski definition) is 6. The fraction of sp³-hybridized carbons (Fsp3) is 0.900. The summed E-state index contributed by atoms with van der Waals surface area (Å²) in [6.45, 7) is 10.7. The van der Waals surface area contributed by atoms with Gasteiger partial charge in [0, 0.05) is 6.61 Å². The monoisotopic (exact) mass is 374 g/mol. The lowest BCUT2D eigenvalue weighted by molar-refractivity contribution is -0.163. The zero-order valence-electron chi connectivity index (χ0n) is 17.1. The maximum absolute atomic E-state index is 12.3. The summed E-state index contributed by atoms with van der Waals surface area (Å²) in [4.78, 5) is 24.4. The molecule has 0 saturated heterocycles. The van der Waals surface area contributed by atoms with Crippen molar-refractivity contribution in [2.24, 2.45) is 11.8 Å². The minimum Gasteiger partial charge on any atom is -0.465 e. The van der Waals surface area contributed by atoms with Crippen molar-refractivity contribution in [2.75, 3.05) is 39.6 Å². The first-order chi connectivity index (χ1) is 12.7. The summed E-state index contributed by atoms with van der Waals surface area (Å²) in [5.41, 5.74) is 0. The van der Waals surface area contributed by atoms with Crippen LogP contribution in [-0.2, 0) is 28.5 Å². The van der Waals surface area contributed by atoms with Crippen LogP contribution in [0, 0.1) is 11.8 Å². The second-order valence-corrected chi connectivity index (χ2v) is 6.06. The van der Waals surface area contributed by atoms with Gasteiger partial charge in [0.1, 0.15) is 6.61 Å². The van der Waals surface area contributed by atoms with E-state index >= 15 is 0 Å². The highest BCUT2D eigenvalue weighted by Gasteiger charge is 2.37. The van der Waals surface area contributed by atoms with E-state index in [1.54, 1.807) is 0 Å². The van der Waals surface area contributed by atoms with Crippen LogP contribution in [0.15, 0.2) is 0 Å². The summed E-state index contributed by atoms with van der Waals surface area (Å²) < 4.78 is 21.1. The van der Waals surface area contributed by atoms with E-state index in [-0.39, 0.29) is 30.4 Å². The number of carbonyl (C=O) groups excluding carboxylic acids is 2. The van der Waals surface area contributed by atoms with Crippen LogP contribution in [0.2, 0.25) is 0 Å². The van der Waals surface area contributed by atoms with E-state index in [0.29, 0.717) is 39.3 Å². The molecular formula is C20H38O6. The normalized spacial score (nSPS) is 19.2. The summed E-state index contributed by atoms with van der Waals surface area (Å²) in [6.07, 6.45) is 5.07. The smallest absolute Gasteiger partial charge is 0.309 e. The van der Waals surface area contributed by atoms with Crippen LogP contribution >= 0.6 is 0 Å². The zero-order chi connectivity index (χ0) is 19.6. The average molecular weight is 375 g/mol. The van der Waals surface area contributed by atoms with E-state index in [9.17, 15) is 9.59 Å². The van der Waals surface area contributed by atoms with Gasteiger partial charge in [-0.2, -0.15) is 0 Å². The van der Waals surface area contributed by atoms with Crippen molar-refractivity contribution in [2.45, 2.75) is 66.2 Å². The lowest BCUT2D eigenvalue weighted by Gasteiger charge is -2.28. The van der Waals surface area contributed by atoms with Gasteiger partial charge in [-0.25, -0.2) is 0 Å². The van der Waals surface area contributed by atoms with Crippen LogP contribution in [0.1, 0.15) is 66.2 Å². The van der Waals surface area contributed by atoms with E-state index in [1.165, 1.54) is 0 Å². The van der Waals surface area contributed by atoms with Gasteiger partial charge < -0.3 is 18.9 Å². The Hall–Kier alpha value is -1.14. The van der Waals surface area contributed by atoms with Crippen LogP contribution in [0.3, 0.4) is 0 Å². The molecule has 0 heterocycles.